The van der Waals surface area contributed by atoms with Gasteiger partial charge in [0.2, 0.25) is 5.91 Å². The number of amides is 2. The molecule has 7 nitrogen and oxygen atoms in total. The zero-order valence-corrected chi connectivity index (χ0v) is 14.6. The number of carbonyl (C=O) groups excluding carboxylic acids is 2. The molecule has 0 aliphatic rings. The van der Waals surface area contributed by atoms with Crippen molar-refractivity contribution in [2.45, 2.75) is 19.3 Å². The number of halogens is 3. The number of benzene rings is 1. The predicted molar refractivity (Wildman–Crippen MR) is 89.7 cm³/mol. The van der Waals surface area contributed by atoms with Gasteiger partial charge in [-0.2, -0.15) is 13.2 Å². The molecule has 1 aromatic carbocycles. The Kier molecular flexibility index (Phi) is 6.80. The van der Waals surface area contributed by atoms with Crippen LogP contribution in [0.1, 0.15) is 5.82 Å². The number of rotatable bonds is 8. The van der Waals surface area contributed by atoms with Crippen LogP contribution in [0.2, 0.25) is 0 Å². The number of para-hydroxylation sites is 1. The van der Waals surface area contributed by atoms with Gasteiger partial charge in [-0.05, 0) is 12.1 Å². The van der Waals surface area contributed by atoms with Crippen LogP contribution in [-0.4, -0.2) is 52.6 Å². The number of carbonyl (C=O) groups is 2. The van der Waals surface area contributed by atoms with Gasteiger partial charge in [0.25, 0.3) is 5.91 Å². The highest BCUT2D eigenvalue weighted by Crippen LogP contribution is 2.18. The maximum Gasteiger partial charge on any atom is 0.406 e. The lowest BCUT2D eigenvalue weighted by Gasteiger charge is -2.18. The average Bonchev–Trinajstić information content (AvgIpc) is 3.03. The third-order valence-electron chi connectivity index (χ3n) is 3.51. The van der Waals surface area contributed by atoms with Crippen molar-refractivity contribution in [3.63, 3.8) is 0 Å². The van der Waals surface area contributed by atoms with Crippen LogP contribution in [-0.2, 0) is 22.7 Å². The number of nitrogens with one attached hydrogen (secondary N) is 1. The van der Waals surface area contributed by atoms with Crippen molar-refractivity contribution >= 4 is 11.8 Å². The molecule has 0 radical (unpaired) electrons. The van der Waals surface area contributed by atoms with Crippen LogP contribution in [0, 0.1) is 0 Å². The zero-order valence-electron chi connectivity index (χ0n) is 14.6. The lowest BCUT2D eigenvalue weighted by Crippen LogP contribution is -2.40. The number of hydrogen-bond donors (Lipinski definition) is 1. The molecule has 0 saturated heterocycles. The molecule has 0 bridgehead atoms. The lowest BCUT2D eigenvalue weighted by atomic mass is 10.3. The fourth-order valence-electron chi connectivity index (χ4n) is 2.15. The van der Waals surface area contributed by atoms with E-state index in [1.165, 1.54) is 24.3 Å². The molecule has 0 unspecified atom stereocenters. The molecule has 146 valence electrons. The molecule has 0 saturated carbocycles. The molecule has 0 aliphatic heterocycles. The third kappa shape index (κ3) is 7.00. The van der Waals surface area contributed by atoms with E-state index in [4.69, 9.17) is 4.74 Å². The second kappa shape index (κ2) is 9.06. The van der Waals surface area contributed by atoms with Crippen molar-refractivity contribution in [2.24, 2.45) is 0 Å². The molecule has 0 atom stereocenters. The van der Waals surface area contributed by atoms with E-state index >= 15 is 0 Å². The summed E-state index contributed by atoms with van der Waals surface area (Å²) in [6.45, 7) is -1.85. The van der Waals surface area contributed by atoms with Crippen LogP contribution in [0.5, 0.6) is 5.75 Å². The molecule has 2 aromatic rings. The van der Waals surface area contributed by atoms with Gasteiger partial charge < -0.3 is 19.5 Å². The van der Waals surface area contributed by atoms with Crippen LogP contribution in [0.3, 0.4) is 0 Å². The molecular formula is C17H19F3N4O3. The quantitative estimate of drug-likeness (QED) is 0.750. The number of nitrogens with zero attached hydrogens (tertiary/aromatic N) is 3. The molecule has 2 amide bonds. The van der Waals surface area contributed by atoms with E-state index < -0.39 is 24.5 Å². The first-order chi connectivity index (χ1) is 12.7. The molecule has 0 spiro atoms. The highest BCUT2D eigenvalue weighted by Gasteiger charge is 2.29. The number of likely N-dealkylation sites (N-methyl/N-ethyl adjacent to an activating group) is 1. The van der Waals surface area contributed by atoms with Crippen LogP contribution < -0.4 is 10.1 Å². The number of alkyl halides is 3. The minimum absolute atomic E-state index is 0.0990. The number of imidazole rings is 1. The predicted octanol–water partition coefficient (Wildman–Crippen LogP) is 1.60. The Labute approximate surface area is 153 Å². The van der Waals surface area contributed by atoms with Crippen LogP contribution >= 0.6 is 0 Å². The standard InChI is InChI=1S/C17H19F3N4O3/c1-23(10-14-21-7-8-24(14)12-17(18,19)20)16(26)9-22-15(25)11-27-13-5-3-2-4-6-13/h2-8H,9-12H2,1H3,(H,22,25). The largest absolute Gasteiger partial charge is 0.484 e. The van der Waals surface area contributed by atoms with Crippen molar-refractivity contribution < 1.29 is 27.5 Å². The minimum Gasteiger partial charge on any atom is -0.484 e. The summed E-state index contributed by atoms with van der Waals surface area (Å²) in [7, 11) is 1.42. The smallest absolute Gasteiger partial charge is 0.406 e. The Morgan fingerprint density at radius 2 is 1.96 bits per heavy atom. The number of hydrogen-bond acceptors (Lipinski definition) is 4. The molecule has 2 rings (SSSR count). The second-order valence-electron chi connectivity index (χ2n) is 5.71. The summed E-state index contributed by atoms with van der Waals surface area (Å²) in [5, 5.41) is 2.40. The maximum absolute atomic E-state index is 12.5. The summed E-state index contributed by atoms with van der Waals surface area (Å²) in [5.74, 6) is -0.335. The van der Waals surface area contributed by atoms with Crippen molar-refractivity contribution in [2.75, 3.05) is 20.2 Å². The Morgan fingerprint density at radius 1 is 1.26 bits per heavy atom. The Hall–Kier alpha value is -3.04. The average molecular weight is 384 g/mol. The normalized spacial score (nSPS) is 11.1. The maximum atomic E-state index is 12.5. The summed E-state index contributed by atoms with van der Waals surface area (Å²) in [6, 6.07) is 8.70. The summed E-state index contributed by atoms with van der Waals surface area (Å²) in [4.78, 5) is 28.8. The monoisotopic (exact) mass is 384 g/mol. The van der Waals surface area contributed by atoms with Crippen LogP contribution in [0.15, 0.2) is 42.7 Å². The van der Waals surface area contributed by atoms with Crippen LogP contribution in [0.4, 0.5) is 13.2 Å². The van der Waals surface area contributed by atoms with Gasteiger partial charge >= 0.3 is 6.18 Å². The van der Waals surface area contributed by atoms with Gasteiger partial charge in [-0.25, -0.2) is 4.98 Å². The Balaban J connectivity index is 1.77. The molecule has 1 aromatic heterocycles. The molecular weight excluding hydrogens is 365 g/mol. The van der Waals surface area contributed by atoms with E-state index in [1.807, 2.05) is 0 Å². The molecule has 1 N–H and O–H groups in total. The highest BCUT2D eigenvalue weighted by atomic mass is 19.4. The Bertz CT molecular complexity index is 762. The number of aromatic nitrogens is 2. The summed E-state index contributed by atoms with van der Waals surface area (Å²) >= 11 is 0. The second-order valence-corrected chi connectivity index (χ2v) is 5.71. The zero-order chi connectivity index (χ0) is 19.9. The lowest BCUT2D eigenvalue weighted by molar-refractivity contribution is -0.141. The minimum atomic E-state index is -4.38. The van der Waals surface area contributed by atoms with E-state index in [0.29, 0.717) is 5.75 Å². The van der Waals surface area contributed by atoms with E-state index in [1.54, 1.807) is 30.3 Å². The number of ether oxygens (including phenoxy) is 1. The van der Waals surface area contributed by atoms with Gasteiger partial charge in [-0.1, -0.05) is 18.2 Å². The fraction of sp³-hybridized carbons (Fsp3) is 0.353. The van der Waals surface area contributed by atoms with E-state index in [0.717, 1.165) is 4.57 Å². The van der Waals surface area contributed by atoms with Gasteiger partial charge in [-0.15, -0.1) is 0 Å². The SMILES string of the molecule is CN(Cc1nccn1CC(F)(F)F)C(=O)CNC(=O)COc1ccccc1. The highest BCUT2D eigenvalue weighted by molar-refractivity contribution is 5.85. The van der Waals surface area contributed by atoms with Gasteiger partial charge in [-0.3, -0.25) is 9.59 Å². The van der Waals surface area contributed by atoms with Crippen molar-refractivity contribution in [3.05, 3.63) is 48.5 Å². The van der Waals surface area contributed by atoms with Gasteiger partial charge in [0.05, 0.1) is 13.1 Å². The third-order valence-corrected chi connectivity index (χ3v) is 3.51. The van der Waals surface area contributed by atoms with Crippen molar-refractivity contribution in [1.29, 1.82) is 0 Å². The van der Waals surface area contributed by atoms with Gasteiger partial charge in [0, 0.05) is 19.4 Å². The molecule has 0 aliphatic carbocycles. The molecule has 1 heterocycles. The van der Waals surface area contributed by atoms with E-state index in [-0.39, 0.29) is 25.5 Å². The van der Waals surface area contributed by atoms with Gasteiger partial charge in [0.15, 0.2) is 6.61 Å². The van der Waals surface area contributed by atoms with Gasteiger partial charge in [0.1, 0.15) is 18.1 Å². The van der Waals surface area contributed by atoms with Crippen LogP contribution in [0.25, 0.3) is 0 Å². The summed E-state index contributed by atoms with van der Waals surface area (Å²) < 4.78 is 43.7. The first-order valence-electron chi connectivity index (χ1n) is 8.00. The summed E-state index contributed by atoms with van der Waals surface area (Å²) in [5.41, 5.74) is 0. The molecule has 10 heteroatoms. The van der Waals surface area contributed by atoms with Crippen molar-refractivity contribution in [3.8, 4) is 5.75 Å². The first-order valence-corrected chi connectivity index (χ1v) is 8.00. The molecule has 27 heavy (non-hydrogen) atoms. The first kappa shape index (κ1) is 20.3. The van der Waals surface area contributed by atoms with E-state index in [2.05, 4.69) is 10.3 Å². The molecule has 0 fully saturated rings. The Morgan fingerprint density at radius 3 is 2.63 bits per heavy atom. The van der Waals surface area contributed by atoms with E-state index in [9.17, 15) is 22.8 Å². The summed E-state index contributed by atoms with van der Waals surface area (Å²) in [6.07, 6.45) is -1.95. The fourth-order valence-corrected chi connectivity index (χ4v) is 2.15. The van der Waals surface area contributed by atoms with Crippen molar-refractivity contribution in [1.82, 2.24) is 19.8 Å². The topological polar surface area (TPSA) is 76.5 Å².